The zero-order chi connectivity index (χ0) is 13.7. The summed E-state index contributed by atoms with van der Waals surface area (Å²) in [6.07, 6.45) is 1.39. The Hall–Kier alpha value is -1.95. The molecule has 0 bridgehead atoms. The van der Waals surface area contributed by atoms with E-state index in [-0.39, 0.29) is 11.5 Å². The van der Waals surface area contributed by atoms with E-state index in [1.165, 1.54) is 28.8 Å². The SMILES string of the molecule is O=C(O)c1csc(CCCOc2ccc(F)cc2)n1. The number of aromatic carboxylic acids is 1. The van der Waals surface area contributed by atoms with Gasteiger partial charge in [0.2, 0.25) is 0 Å². The van der Waals surface area contributed by atoms with E-state index in [2.05, 4.69) is 4.98 Å². The van der Waals surface area contributed by atoms with Gasteiger partial charge in [0, 0.05) is 11.8 Å². The van der Waals surface area contributed by atoms with Crippen LogP contribution >= 0.6 is 11.3 Å². The van der Waals surface area contributed by atoms with E-state index >= 15 is 0 Å². The number of rotatable bonds is 6. The van der Waals surface area contributed by atoms with Gasteiger partial charge in [0.25, 0.3) is 0 Å². The van der Waals surface area contributed by atoms with E-state index in [4.69, 9.17) is 9.84 Å². The van der Waals surface area contributed by atoms with Crippen LogP contribution in [0.1, 0.15) is 21.9 Å². The first-order valence-electron chi connectivity index (χ1n) is 5.71. The van der Waals surface area contributed by atoms with Crippen molar-refractivity contribution in [3.05, 3.63) is 46.2 Å². The van der Waals surface area contributed by atoms with Gasteiger partial charge < -0.3 is 9.84 Å². The predicted molar refractivity (Wildman–Crippen MR) is 69.3 cm³/mol. The minimum atomic E-state index is -1.01. The van der Waals surface area contributed by atoms with Crippen molar-refractivity contribution in [2.75, 3.05) is 6.61 Å². The molecule has 0 atom stereocenters. The minimum absolute atomic E-state index is 0.0828. The normalized spacial score (nSPS) is 10.4. The molecule has 0 saturated heterocycles. The smallest absolute Gasteiger partial charge is 0.355 e. The number of carboxylic acid groups (broad SMARTS) is 1. The molecule has 1 aromatic carbocycles. The second-order valence-electron chi connectivity index (χ2n) is 3.84. The Kier molecular flexibility index (Phi) is 4.46. The van der Waals surface area contributed by atoms with Crippen molar-refractivity contribution < 1.29 is 19.0 Å². The molecule has 1 aromatic heterocycles. The number of aromatic nitrogens is 1. The molecular formula is C13H12FNO3S. The summed E-state index contributed by atoms with van der Waals surface area (Å²) in [6, 6.07) is 5.83. The molecule has 0 saturated carbocycles. The average Bonchev–Trinajstić information content (AvgIpc) is 2.86. The van der Waals surface area contributed by atoms with Crippen LogP contribution in [0.15, 0.2) is 29.6 Å². The first-order valence-corrected chi connectivity index (χ1v) is 6.59. The summed E-state index contributed by atoms with van der Waals surface area (Å²) >= 11 is 1.33. The number of nitrogens with zero attached hydrogens (tertiary/aromatic N) is 1. The molecule has 1 N–H and O–H groups in total. The molecule has 4 nitrogen and oxygen atoms in total. The lowest BCUT2D eigenvalue weighted by atomic mass is 10.3. The minimum Gasteiger partial charge on any atom is -0.494 e. The van der Waals surface area contributed by atoms with Crippen molar-refractivity contribution in [3.8, 4) is 5.75 Å². The molecule has 0 aliphatic carbocycles. The second-order valence-corrected chi connectivity index (χ2v) is 4.78. The average molecular weight is 281 g/mol. The Morgan fingerprint density at radius 1 is 1.37 bits per heavy atom. The molecule has 0 unspecified atom stereocenters. The first kappa shape index (κ1) is 13.5. The van der Waals surface area contributed by atoms with Crippen molar-refractivity contribution >= 4 is 17.3 Å². The Balaban J connectivity index is 1.74. The van der Waals surface area contributed by atoms with Gasteiger partial charge in [0.05, 0.1) is 11.6 Å². The lowest BCUT2D eigenvalue weighted by Gasteiger charge is -2.04. The van der Waals surface area contributed by atoms with Gasteiger partial charge in [0.1, 0.15) is 11.6 Å². The summed E-state index contributed by atoms with van der Waals surface area (Å²) < 4.78 is 18.1. The summed E-state index contributed by atoms with van der Waals surface area (Å²) in [5, 5.41) is 11.0. The van der Waals surface area contributed by atoms with Crippen LogP contribution in [-0.2, 0) is 6.42 Å². The summed E-state index contributed by atoms with van der Waals surface area (Å²) in [7, 11) is 0. The Labute approximate surface area is 113 Å². The van der Waals surface area contributed by atoms with E-state index in [0.717, 1.165) is 11.4 Å². The molecule has 0 amide bonds. The molecule has 2 rings (SSSR count). The van der Waals surface area contributed by atoms with E-state index in [1.54, 1.807) is 12.1 Å². The molecule has 0 aliphatic heterocycles. The molecule has 0 aliphatic rings. The zero-order valence-corrected chi connectivity index (χ0v) is 10.8. The maximum absolute atomic E-state index is 12.7. The molecule has 6 heteroatoms. The quantitative estimate of drug-likeness (QED) is 0.827. The number of hydrogen-bond donors (Lipinski definition) is 1. The largest absolute Gasteiger partial charge is 0.494 e. The maximum Gasteiger partial charge on any atom is 0.355 e. The highest BCUT2D eigenvalue weighted by atomic mass is 32.1. The van der Waals surface area contributed by atoms with Crippen molar-refractivity contribution in [3.63, 3.8) is 0 Å². The molecule has 19 heavy (non-hydrogen) atoms. The van der Waals surface area contributed by atoms with Crippen LogP contribution in [0, 0.1) is 5.82 Å². The van der Waals surface area contributed by atoms with Crippen LogP contribution < -0.4 is 4.74 Å². The fraction of sp³-hybridized carbons (Fsp3) is 0.231. The number of ether oxygens (including phenoxy) is 1. The number of thiazole rings is 1. The number of carboxylic acids is 1. The Morgan fingerprint density at radius 3 is 2.74 bits per heavy atom. The van der Waals surface area contributed by atoms with Crippen molar-refractivity contribution in [1.82, 2.24) is 4.98 Å². The van der Waals surface area contributed by atoms with Gasteiger partial charge in [-0.25, -0.2) is 14.2 Å². The molecule has 0 fully saturated rings. The predicted octanol–water partition coefficient (Wildman–Crippen LogP) is 2.99. The van der Waals surface area contributed by atoms with E-state index in [9.17, 15) is 9.18 Å². The third-order valence-corrected chi connectivity index (χ3v) is 3.30. The van der Waals surface area contributed by atoms with Crippen LogP contribution in [0.25, 0.3) is 0 Å². The fourth-order valence-corrected chi connectivity index (χ4v) is 2.28. The van der Waals surface area contributed by atoms with Crippen molar-refractivity contribution in [1.29, 1.82) is 0 Å². The first-order chi connectivity index (χ1) is 9.15. The van der Waals surface area contributed by atoms with Crippen LogP contribution in [0.2, 0.25) is 0 Å². The number of benzene rings is 1. The topological polar surface area (TPSA) is 59.4 Å². The third-order valence-electron chi connectivity index (χ3n) is 2.39. The van der Waals surface area contributed by atoms with E-state index in [1.807, 2.05) is 0 Å². The lowest BCUT2D eigenvalue weighted by Crippen LogP contribution is -2.00. The van der Waals surface area contributed by atoms with Gasteiger partial charge in [-0.05, 0) is 30.7 Å². The van der Waals surface area contributed by atoms with Crippen LogP contribution in [0.4, 0.5) is 4.39 Å². The molecule has 2 aromatic rings. The number of halogens is 1. The Morgan fingerprint density at radius 2 is 2.11 bits per heavy atom. The fourth-order valence-electron chi connectivity index (χ4n) is 1.47. The van der Waals surface area contributed by atoms with Gasteiger partial charge in [-0.3, -0.25) is 0 Å². The summed E-state index contributed by atoms with van der Waals surface area (Å²) in [5.41, 5.74) is 0.0828. The monoisotopic (exact) mass is 281 g/mol. The Bertz CT molecular complexity index is 553. The summed E-state index contributed by atoms with van der Waals surface area (Å²) in [4.78, 5) is 14.6. The molecular weight excluding hydrogens is 269 g/mol. The molecule has 1 heterocycles. The summed E-state index contributed by atoms with van der Waals surface area (Å²) in [6.45, 7) is 0.480. The van der Waals surface area contributed by atoms with E-state index in [0.29, 0.717) is 18.8 Å². The highest BCUT2D eigenvalue weighted by Gasteiger charge is 2.08. The molecule has 0 radical (unpaired) electrons. The zero-order valence-electron chi connectivity index (χ0n) is 10.0. The third kappa shape index (κ3) is 4.03. The van der Waals surface area contributed by atoms with Gasteiger partial charge in [-0.15, -0.1) is 11.3 Å². The van der Waals surface area contributed by atoms with Crippen LogP contribution in [0.3, 0.4) is 0 Å². The molecule has 0 spiro atoms. The standard InChI is InChI=1S/C13H12FNO3S/c14-9-3-5-10(6-4-9)18-7-1-2-12-15-11(8-19-12)13(16)17/h3-6,8H,1-2,7H2,(H,16,17). The van der Waals surface area contributed by atoms with E-state index < -0.39 is 5.97 Å². The van der Waals surface area contributed by atoms with Crippen molar-refractivity contribution in [2.45, 2.75) is 12.8 Å². The number of carbonyl (C=O) groups is 1. The second kappa shape index (κ2) is 6.29. The van der Waals surface area contributed by atoms with Gasteiger partial charge in [-0.2, -0.15) is 0 Å². The van der Waals surface area contributed by atoms with Crippen LogP contribution in [0.5, 0.6) is 5.75 Å². The van der Waals surface area contributed by atoms with Gasteiger partial charge >= 0.3 is 5.97 Å². The van der Waals surface area contributed by atoms with Crippen LogP contribution in [-0.4, -0.2) is 22.7 Å². The molecule has 100 valence electrons. The van der Waals surface area contributed by atoms with Crippen molar-refractivity contribution in [2.24, 2.45) is 0 Å². The highest BCUT2D eigenvalue weighted by molar-refractivity contribution is 7.09. The highest BCUT2D eigenvalue weighted by Crippen LogP contribution is 2.14. The van der Waals surface area contributed by atoms with Gasteiger partial charge in [0.15, 0.2) is 5.69 Å². The number of aryl methyl sites for hydroxylation is 1. The maximum atomic E-state index is 12.7. The summed E-state index contributed by atoms with van der Waals surface area (Å²) in [5.74, 6) is -0.687. The van der Waals surface area contributed by atoms with Gasteiger partial charge in [-0.1, -0.05) is 0 Å². The lowest BCUT2D eigenvalue weighted by molar-refractivity contribution is 0.0691. The number of hydrogen-bond acceptors (Lipinski definition) is 4.